The zero-order valence-corrected chi connectivity index (χ0v) is 10.8. The lowest BCUT2D eigenvalue weighted by atomic mass is 10.0. The van der Waals surface area contributed by atoms with E-state index >= 15 is 0 Å². The molecule has 1 fully saturated rings. The van der Waals surface area contributed by atoms with Gasteiger partial charge >= 0.3 is 0 Å². The fraction of sp³-hybridized carbons (Fsp3) is 0.538. The number of nitrogens with zero attached hydrogens (tertiary/aromatic N) is 3. The maximum Gasteiger partial charge on any atom is 0.154 e. The summed E-state index contributed by atoms with van der Waals surface area (Å²) in [5.41, 5.74) is 1.94. The lowest BCUT2D eigenvalue weighted by Crippen LogP contribution is -2.32. The molecule has 3 heterocycles. The van der Waals surface area contributed by atoms with Gasteiger partial charge in [0.2, 0.25) is 0 Å². The van der Waals surface area contributed by atoms with Crippen molar-refractivity contribution < 1.29 is 4.74 Å². The number of hydrogen-bond donors (Lipinski definition) is 1. The molecule has 5 heteroatoms. The average molecular weight is 246 g/mol. The van der Waals surface area contributed by atoms with Gasteiger partial charge in [-0.05, 0) is 25.8 Å². The highest BCUT2D eigenvalue weighted by Crippen LogP contribution is 2.26. The first-order valence-corrected chi connectivity index (χ1v) is 6.32. The van der Waals surface area contributed by atoms with E-state index in [4.69, 9.17) is 4.74 Å². The van der Waals surface area contributed by atoms with Crippen LogP contribution in [0.25, 0.3) is 11.0 Å². The van der Waals surface area contributed by atoms with Crippen LogP contribution in [0.3, 0.4) is 0 Å². The van der Waals surface area contributed by atoms with Gasteiger partial charge in [-0.2, -0.15) is 0 Å². The van der Waals surface area contributed by atoms with E-state index in [9.17, 15) is 0 Å². The molecule has 1 aliphatic heterocycles. The van der Waals surface area contributed by atoms with Crippen LogP contribution in [0.2, 0.25) is 0 Å². The summed E-state index contributed by atoms with van der Waals surface area (Å²) in [7, 11) is 1.99. The summed E-state index contributed by atoms with van der Waals surface area (Å²) in [5, 5.41) is 3.37. The van der Waals surface area contributed by atoms with E-state index < -0.39 is 0 Å². The van der Waals surface area contributed by atoms with Crippen LogP contribution in [0.4, 0.5) is 5.82 Å². The Kier molecular flexibility index (Phi) is 2.70. The van der Waals surface area contributed by atoms with Crippen molar-refractivity contribution in [1.82, 2.24) is 14.5 Å². The number of nitrogens with one attached hydrogen (secondary N) is 1. The molecule has 0 aromatic carbocycles. The van der Waals surface area contributed by atoms with Gasteiger partial charge in [0, 0.05) is 26.4 Å². The summed E-state index contributed by atoms with van der Waals surface area (Å²) >= 11 is 0. The summed E-state index contributed by atoms with van der Waals surface area (Å²) < 4.78 is 7.76. The number of aromatic nitrogens is 3. The van der Waals surface area contributed by atoms with Crippen molar-refractivity contribution >= 4 is 16.9 Å². The first-order chi connectivity index (χ1) is 8.68. The van der Waals surface area contributed by atoms with Crippen molar-refractivity contribution in [3.8, 4) is 0 Å². The van der Waals surface area contributed by atoms with E-state index in [1.54, 1.807) is 0 Å². The third kappa shape index (κ3) is 1.95. The molecule has 1 unspecified atom stereocenters. The fourth-order valence-electron chi connectivity index (χ4n) is 2.44. The Morgan fingerprint density at radius 2 is 2.39 bits per heavy atom. The van der Waals surface area contributed by atoms with Crippen molar-refractivity contribution in [3.05, 3.63) is 18.6 Å². The highest BCUT2D eigenvalue weighted by atomic mass is 16.5. The van der Waals surface area contributed by atoms with Gasteiger partial charge < -0.3 is 14.6 Å². The van der Waals surface area contributed by atoms with E-state index in [2.05, 4.69) is 22.2 Å². The van der Waals surface area contributed by atoms with Crippen LogP contribution in [-0.4, -0.2) is 33.3 Å². The van der Waals surface area contributed by atoms with Gasteiger partial charge in [-0.1, -0.05) is 0 Å². The minimum absolute atomic E-state index is 0.0708. The minimum atomic E-state index is -0.0708. The van der Waals surface area contributed by atoms with Crippen LogP contribution in [0, 0.1) is 0 Å². The fourth-order valence-corrected chi connectivity index (χ4v) is 2.44. The summed E-state index contributed by atoms with van der Waals surface area (Å²) in [4.78, 5) is 8.75. The van der Waals surface area contributed by atoms with E-state index in [0.717, 1.165) is 42.8 Å². The molecular weight excluding hydrogens is 228 g/mol. The number of imidazole rings is 1. The van der Waals surface area contributed by atoms with E-state index in [1.807, 2.05) is 30.2 Å². The predicted molar refractivity (Wildman–Crippen MR) is 70.6 cm³/mol. The maximum atomic E-state index is 5.76. The Labute approximate surface area is 106 Å². The lowest BCUT2D eigenvalue weighted by Gasteiger charge is -2.23. The zero-order chi connectivity index (χ0) is 12.6. The molecule has 0 spiro atoms. The van der Waals surface area contributed by atoms with Gasteiger partial charge in [-0.3, -0.25) is 0 Å². The average Bonchev–Trinajstić information content (AvgIpc) is 2.96. The second-order valence-electron chi connectivity index (χ2n) is 5.14. The molecule has 0 bridgehead atoms. The molecule has 0 saturated carbocycles. The lowest BCUT2D eigenvalue weighted by molar-refractivity contribution is 0.0315. The van der Waals surface area contributed by atoms with Gasteiger partial charge in [0.1, 0.15) is 5.52 Å². The van der Waals surface area contributed by atoms with Crippen LogP contribution in [0.1, 0.15) is 19.8 Å². The number of hydrogen-bond acceptors (Lipinski definition) is 4. The smallest absolute Gasteiger partial charge is 0.154 e. The molecule has 0 amide bonds. The number of aryl methyl sites for hydroxylation is 1. The van der Waals surface area contributed by atoms with Crippen molar-refractivity contribution in [2.45, 2.75) is 25.4 Å². The quantitative estimate of drug-likeness (QED) is 0.899. The molecule has 3 rings (SSSR count). The SMILES string of the molecule is Cn1cnc2c(NCC3(C)CCCO3)nccc21. The molecule has 1 atom stereocenters. The highest BCUT2D eigenvalue weighted by molar-refractivity contribution is 5.85. The Morgan fingerprint density at radius 1 is 1.50 bits per heavy atom. The molecule has 0 aliphatic carbocycles. The molecule has 1 saturated heterocycles. The standard InChI is InChI=1S/C13H18N4O/c1-13(5-3-7-18-13)8-15-12-11-10(4-6-14-12)17(2)9-16-11/h4,6,9H,3,5,7-8H2,1-2H3,(H,14,15). The molecule has 0 radical (unpaired) electrons. The topological polar surface area (TPSA) is 52.0 Å². The Morgan fingerprint density at radius 3 is 3.17 bits per heavy atom. The first-order valence-electron chi connectivity index (χ1n) is 6.32. The highest BCUT2D eigenvalue weighted by Gasteiger charge is 2.29. The normalized spacial score (nSPS) is 23.7. The summed E-state index contributed by atoms with van der Waals surface area (Å²) in [6.07, 6.45) is 5.85. The van der Waals surface area contributed by atoms with Crippen molar-refractivity contribution in [2.24, 2.45) is 7.05 Å². The molecule has 2 aromatic rings. The minimum Gasteiger partial charge on any atom is -0.373 e. The molecule has 2 aromatic heterocycles. The van der Waals surface area contributed by atoms with Crippen molar-refractivity contribution in [3.63, 3.8) is 0 Å². The molecule has 18 heavy (non-hydrogen) atoms. The second-order valence-corrected chi connectivity index (χ2v) is 5.14. The van der Waals surface area contributed by atoms with Gasteiger partial charge in [0.25, 0.3) is 0 Å². The Bertz CT molecular complexity index is 557. The molecular formula is C13H18N4O. The number of rotatable bonds is 3. The Balaban J connectivity index is 1.82. The van der Waals surface area contributed by atoms with Crippen LogP contribution >= 0.6 is 0 Å². The van der Waals surface area contributed by atoms with E-state index in [0.29, 0.717) is 0 Å². The van der Waals surface area contributed by atoms with Gasteiger partial charge in [0.15, 0.2) is 5.82 Å². The maximum absolute atomic E-state index is 5.76. The van der Waals surface area contributed by atoms with Crippen LogP contribution in [0.15, 0.2) is 18.6 Å². The monoisotopic (exact) mass is 246 g/mol. The van der Waals surface area contributed by atoms with Crippen molar-refractivity contribution in [1.29, 1.82) is 0 Å². The predicted octanol–water partition coefficient (Wildman–Crippen LogP) is 1.95. The van der Waals surface area contributed by atoms with Crippen molar-refractivity contribution in [2.75, 3.05) is 18.5 Å². The third-order valence-electron chi connectivity index (χ3n) is 3.57. The van der Waals surface area contributed by atoms with E-state index in [1.165, 1.54) is 0 Å². The van der Waals surface area contributed by atoms with Crippen LogP contribution < -0.4 is 5.32 Å². The van der Waals surface area contributed by atoms with Gasteiger partial charge in [-0.25, -0.2) is 9.97 Å². The van der Waals surface area contributed by atoms with Gasteiger partial charge in [-0.15, -0.1) is 0 Å². The van der Waals surface area contributed by atoms with E-state index in [-0.39, 0.29) is 5.60 Å². The number of pyridine rings is 1. The van der Waals surface area contributed by atoms with Gasteiger partial charge in [0.05, 0.1) is 17.4 Å². The summed E-state index contributed by atoms with van der Waals surface area (Å²) in [6, 6.07) is 1.97. The zero-order valence-electron chi connectivity index (χ0n) is 10.8. The molecule has 1 aliphatic rings. The molecule has 5 nitrogen and oxygen atoms in total. The summed E-state index contributed by atoms with van der Waals surface area (Å²) in [5.74, 6) is 0.838. The first kappa shape index (κ1) is 11.5. The second kappa shape index (κ2) is 4.24. The number of ether oxygens (including phenoxy) is 1. The number of fused-ring (bicyclic) bond motifs is 1. The number of anilines is 1. The molecule has 96 valence electrons. The van der Waals surface area contributed by atoms with Crippen LogP contribution in [-0.2, 0) is 11.8 Å². The van der Waals surface area contributed by atoms with Crippen LogP contribution in [0.5, 0.6) is 0 Å². The third-order valence-corrected chi connectivity index (χ3v) is 3.57. The largest absolute Gasteiger partial charge is 0.373 e. The summed E-state index contributed by atoms with van der Waals surface area (Å²) in [6.45, 7) is 3.78. The Hall–Kier alpha value is -1.62. The molecule has 1 N–H and O–H groups in total.